The van der Waals surface area contributed by atoms with Crippen LogP contribution in [0, 0.1) is 17.7 Å². The summed E-state index contributed by atoms with van der Waals surface area (Å²) in [5.74, 6) is 0.0539. The molecule has 1 aromatic rings. The number of hydrogen-bond donors (Lipinski definition) is 1. The van der Waals surface area contributed by atoms with Gasteiger partial charge in [0, 0.05) is 25.2 Å². The van der Waals surface area contributed by atoms with Crippen molar-refractivity contribution >= 4 is 10.0 Å². The lowest BCUT2D eigenvalue weighted by atomic mass is 10.0. The van der Waals surface area contributed by atoms with Gasteiger partial charge < -0.3 is 5.73 Å². The first-order valence-corrected chi connectivity index (χ1v) is 7.79. The maximum atomic E-state index is 13.7. The van der Waals surface area contributed by atoms with Crippen molar-refractivity contribution in [3.05, 3.63) is 29.6 Å². The van der Waals surface area contributed by atoms with Gasteiger partial charge in [-0.05, 0) is 24.0 Å². The van der Waals surface area contributed by atoms with Gasteiger partial charge in [0.2, 0.25) is 10.0 Å². The van der Waals surface area contributed by atoms with Crippen molar-refractivity contribution < 1.29 is 12.8 Å². The normalized spacial score (nSPS) is 24.8. The minimum atomic E-state index is -3.66. The summed E-state index contributed by atoms with van der Waals surface area (Å²) in [6.07, 6.45) is 0. The zero-order chi connectivity index (χ0) is 14.2. The molecule has 0 aromatic heterocycles. The predicted octanol–water partition coefficient (Wildman–Crippen LogP) is 1.56. The first-order chi connectivity index (χ1) is 8.87. The van der Waals surface area contributed by atoms with Crippen LogP contribution in [0.4, 0.5) is 4.39 Å². The van der Waals surface area contributed by atoms with Crippen molar-refractivity contribution in [2.45, 2.75) is 25.3 Å². The second kappa shape index (κ2) is 5.19. The lowest BCUT2D eigenvalue weighted by molar-refractivity contribution is 0.461. The Morgan fingerprint density at radius 1 is 1.32 bits per heavy atom. The van der Waals surface area contributed by atoms with Crippen molar-refractivity contribution in [1.82, 2.24) is 4.31 Å². The van der Waals surface area contributed by atoms with Gasteiger partial charge in [0.25, 0.3) is 0 Å². The van der Waals surface area contributed by atoms with E-state index in [2.05, 4.69) is 0 Å². The van der Waals surface area contributed by atoms with Gasteiger partial charge in [-0.25, -0.2) is 12.8 Å². The monoisotopic (exact) mass is 286 g/mol. The van der Waals surface area contributed by atoms with E-state index in [0.29, 0.717) is 24.9 Å². The summed E-state index contributed by atoms with van der Waals surface area (Å²) in [6.45, 7) is 4.87. The van der Waals surface area contributed by atoms with Crippen LogP contribution in [-0.4, -0.2) is 25.8 Å². The van der Waals surface area contributed by atoms with Crippen LogP contribution in [0.25, 0.3) is 0 Å². The standard InChI is InChI=1S/C13H19FN2O2S/c1-9-7-16(8-10(9)2)19(17,18)13-5-3-4-12(14)11(13)6-15/h3-5,9-10H,6-8,15H2,1-2H3. The molecule has 2 rings (SSSR count). The molecule has 19 heavy (non-hydrogen) atoms. The lowest BCUT2D eigenvalue weighted by Crippen LogP contribution is -2.30. The van der Waals surface area contributed by atoms with Crippen LogP contribution in [0.1, 0.15) is 19.4 Å². The van der Waals surface area contributed by atoms with Crippen molar-refractivity contribution in [3.63, 3.8) is 0 Å². The fourth-order valence-electron chi connectivity index (χ4n) is 2.39. The first kappa shape index (κ1) is 14.4. The molecule has 106 valence electrons. The van der Waals surface area contributed by atoms with Crippen molar-refractivity contribution in [2.75, 3.05) is 13.1 Å². The molecule has 1 heterocycles. The molecule has 0 bridgehead atoms. The molecule has 6 heteroatoms. The summed E-state index contributed by atoms with van der Waals surface area (Å²) in [5.41, 5.74) is 5.54. The highest BCUT2D eigenvalue weighted by molar-refractivity contribution is 7.89. The van der Waals surface area contributed by atoms with E-state index in [-0.39, 0.29) is 17.0 Å². The summed E-state index contributed by atoms with van der Waals surface area (Å²) >= 11 is 0. The van der Waals surface area contributed by atoms with E-state index in [1.165, 1.54) is 22.5 Å². The van der Waals surface area contributed by atoms with E-state index in [1.807, 2.05) is 13.8 Å². The van der Waals surface area contributed by atoms with E-state index in [9.17, 15) is 12.8 Å². The molecule has 1 fully saturated rings. The summed E-state index contributed by atoms with van der Waals surface area (Å²) in [6, 6.07) is 4.06. The number of rotatable bonds is 3. The Morgan fingerprint density at radius 3 is 2.42 bits per heavy atom. The molecular formula is C13H19FN2O2S. The summed E-state index contributed by atoms with van der Waals surface area (Å²) in [5, 5.41) is 0. The van der Waals surface area contributed by atoms with Crippen molar-refractivity contribution in [1.29, 1.82) is 0 Å². The molecule has 0 amide bonds. The smallest absolute Gasteiger partial charge is 0.243 e. The molecule has 2 unspecified atom stereocenters. The predicted molar refractivity (Wildman–Crippen MR) is 71.4 cm³/mol. The molecule has 2 N–H and O–H groups in total. The van der Waals surface area contributed by atoms with Crippen molar-refractivity contribution in [3.8, 4) is 0 Å². The molecule has 1 aromatic carbocycles. The second-order valence-corrected chi connectivity index (χ2v) is 7.10. The highest BCUT2D eigenvalue weighted by atomic mass is 32.2. The van der Waals surface area contributed by atoms with E-state index < -0.39 is 15.8 Å². The van der Waals surface area contributed by atoms with Crippen LogP contribution in [0.3, 0.4) is 0 Å². The Bertz CT molecular complexity index is 564. The van der Waals surface area contributed by atoms with Gasteiger partial charge >= 0.3 is 0 Å². The van der Waals surface area contributed by atoms with Gasteiger partial charge in [-0.3, -0.25) is 0 Å². The maximum absolute atomic E-state index is 13.7. The minimum absolute atomic E-state index is 0.00343. The van der Waals surface area contributed by atoms with Gasteiger partial charge in [-0.15, -0.1) is 0 Å². The molecule has 2 atom stereocenters. The van der Waals surface area contributed by atoms with Gasteiger partial charge in [-0.2, -0.15) is 4.31 Å². The Kier molecular flexibility index (Phi) is 3.94. The first-order valence-electron chi connectivity index (χ1n) is 6.35. The molecule has 4 nitrogen and oxygen atoms in total. The molecular weight excluding hydrogens is 267 g/mol. The molecule has 1 aliphatic rings. The topological polar surface area (TPSA) is 63.4 Å². The fraction of sp³-hybridized carbons (Fsp3) is 0.538. The molecule has 0 aliphatic carbocycles. The number of hydrogen-bond acceptors (Lipinski definition) is 3. The maximum Gasteiger partial charge on any atom is 0.243 e. The SMILES string of the molecule is CC1CN(S(=O)(=O)c2cccc(F)c2CN)CC1C. The number of sulfonamides is 1. The second-order valence-electron chi connectivity index (χ2n) is 5.20. The average Bonchev–Trinajstić information content (AvgIpc) is 2.70. The number of halogens is 1. The molecule has 1 saturated heterocycles. The van der Waals surface area contributed by atoms with Crippen LogP contribution in [0.5, 0.6) is 0 Å². The van der Waals surface area contributed by atoms with E-state index in [4.69, 9.17) is 5.73 Å². The summed E-state index contributed by atoms with van der Waals surface area (Å²) in [4.78, 5) is -0.00343. The average molecular weight is 286 g/mol. The quantitative estimate of drug-likeness (QED) is 0.917. The number of benzene rings is 1. The zero-order valence-corrected chi connectivity index (χ0v) is 12.0. The Morgan fingerprint density at radius 2 is 1.89 bits per heavy atom. The Hall–Kier alpha value is -0.980. The minimum Gasteiger partial charge on any atom is -0.326 e. The van der Waals surface area contributed by atoms with Gasteiger partial charge in [-0.1, -0.05) is 19.9 Å². The van der Waals surface area contributed by atoms with E-state index in [0.717, 1.165) is 0 Å². The van der Waals surface area contributed by atoms with Gasteiger partial charge in [0.1, 0.15) is 5.82 Å². The van der Waals surface area contributed by atoms with Gasteiger partial charge in [0.05, 0.1) is 4.90 Å². The highest BCUT2D eigenvalue weighted by Crippen LogP contribution is 2.30. The van der Waals surface area contributed by atoms with Crippen LogP contribution in [0.2, 0.25) is 0 Å². The fourth-order valence-corrected chi connectivity index (χ4v) is 4.27. The largest absolute Gasteiger partial charge is 0.326 e. The Balaban J connectivity index is 2.44. The number of nitrogens with zero attached hydrogens (tertiary/aromatic N) is 1. The summed E-state index contributed by atoms with van der Waals surface area (Å²) in [7, 11) is -3.66. The third-order valence-electron chi connectivity index (χ3n) is 3.85. The van der Waals surface area contributed by atoms with E-state index >= 15 is 0 Å². The van der Waals surface area contributed by atoms with Crippen LogP contribution < -0.4 is 5.73 Å². The third kappa shape index (κ3) is 2.52. The summed E-state index contributed by atoms with van der Waals surface area (Å²) < 4.78 is 40.2. The van der Waals surface area contributed by atoms with Crippen molar-refractivity contribution in [2.24, 2.45) is 17.6 Å². The third-order valence-corrected chi connectivity index (χ3v) is 5.77. The van der Waals surface area contributed by atoms with Gasteiger partial charge in [0.15, 0.2) is 0 Å². The lowest BCUT2D eigenvalue weighted by Gasteiger charge is -2.18. The highest BCUT2D eigenvalue weighted by Gasteiger charge is 2.36. The Labute approximate surface area is 113 Å². The molecule has 0 radical (unpaired) electrons. The van der Waals surface area contributed by atoms with Crippen LogP contribution in [-0.2, 0) is 16.6 Å². The van der Waals surface area contributed by atoms with Crippen LogP contribution >= 0.6 is 0 Å². The number of nitrogens with two attached hydrogens (primary N) is 1. The molecule has 1 aliphatic heterocycles. The molecule has 0 spiro atoms. The molecule has 0 saturated carbocycles. The van der Waals surface area contributed by atoms with Crippen LogP contribution in [0.15, 0.2) is 23.1 Å². The van der Waals surface area contributed by atoms with E-state index in [1.54, 1.807) is 0 Å². The zero-order valence-electron chi connectivity index (χ0n) is 11.1.